The van der Waals surface area contributed by atoms with E-state index in [9.17, 15) is 9.90 Å². The van der Waals surface area contributed by atoms with Crippen LogP contribution in [0, 0.1) is 16.7 Å². The van der Waals surface area contributed by atoms with Crippen molar-refractivity contribution in [3.8, 4) is 0 Å². The van der Waals surface area contributed by atoms with E-state index in [1.54, 1.807) is 0 Å². The summed E-state index contributed by atoms with van der Waals surface area (Å²) in [4.78, 5) is 14.8. The van der Waals surface area contributed by atoms with Gasteiger partial charge in [-0.05, 0) is 62.7 Å². The Morgan fingerprint density at radius 2 is 1.37 bits per heavy atom. The Labute approximate surface area is 170 Å². The summed E-state index contributed by atoms with van der Waals surface area (Å²) in [6.45, 7) is 24.7. The molecule has 0 rings (SSSR count). The predicted octanol–water partition coefficient (Wildman–Crippen LogP) is 7.98. The van der Waals surface area contributed by atoms with Crippen LogP contribution in [-0.2, 0) is 0 Å². The summed E-state index contributed by atoms with van der Waals surface area (Å²) in [5.41, 5.74) is -1.01. The summed E-state index contributed by atoms with van der Waals surface area (Å²) < 4.78 is 0. The van der Waals surface area contributed by atoms with E-state index in [1.807, 2.05) is 4.90 Å². The molecule has 0 aromatic rings. The van der Waals surface area contributed by atoms with Crippen LogP contribution < -0.4 is 0 Å². The molecule has 1 N–H and O–H groups in total. The summed E-state index contributed by atoms with van der Waals surface area (Å²) in [6.07, 6.45) is 6.04. The highest BCUT2D eigenvalue weighted by Gasteiger charge is 2.62. The molecular weight excluding hydrogens is 334 g/mol. The van der Waals surface area contributed by atoms with Gasteiger partial charge in [0.1, 0.15) is 0 Å². The third-order valence-electron chi connectivity index (χ3n) is 9.01. The van der Waals surface area contributed by atoms with Gasteiger partial charge in [0.15, 0.2) is 0 Å². The van der Waals surface area contributed by atoms with Crippen LogP contribution in [0.4, 0.5) is 4.79 Å². The molecule has 0 radical (unpaired) electrons. The van der Waals surface area contributed by atoms with Crippen LogP contribution in [0.1, 0.15) is 121 Å². The highest BCUT2D eigenvalue weighted by Crippen LogP contribution is 2.59. The first-order chi connectivity index (χ1) is 12.4. The minimum Gasteiger partial charge on any atom is -0.465 e. The lowest BCUT2D eigenvalue weighted by Crippen LogP contribution is -2.73. The summed E-state index contributed by atoms with van der Waals surface area (Å²) >= 11 is 0. The molecule has 0 aliphatic carbocycles. The van der Waals surface area contributed by atoms with Crippen molar-refractivity contribution < 1.29 is 9.90 Å². The van der Waals surface area contributed by atoms with Gasteiger partial charge in [-0.1, -0.05) is 75.2 Å². The van der Waals surface area contributed by atoms with Gasteiger partial charge in [0.05, 0.1) is 5.54 Å². The smallest absolute Gasteiger partial charge is 0.408 e. The number of amides is 1. The Morgan fingerprint density at radius 1 is 0.889 bits per heavy atom. The molecule has 0 aliphatic rings. The Bertz CT molecular complexity index is 473. The van der Waals surface area contributed by atoms with E-state index in [-0.39, 0.29) is 16.4 Å². The van der Waals surface area contributed by atoms with Crippen molar-refractivity contribution in [2.75, 3.05) is 0 Å². The molecule has 0 spiro atoms. The zero-order valence-electron chi connectivity index (χ0n) is 20.3. The highest BCUT2D eigenvalue weighted by atomic mass is 16.4. The van der Waals surface area contributed by atoms with E-state index in [0.717, 1.165) is 44.9 Å². The molecular formula is C24H49NO2. The number of nitrogens with zero attached hydrogens (tertiary/aromatic N) is 1. The first-order valence-electron chi connectivity index (χ1n) is 11.4. The van der Waals surface area contributed by atoms with Crippen molar-refractivity contribution in [1.82, 2.24) is 4.90 Å². The van der Waals surface area contributed by atoms with Gasteiger partial charge >= 0.3 is 6.09 Å². The molecule has 162 valence electrons. The standard InChI is InChI=1S/C24H49NO2/c1-12-18-21(8,14-3)24(11,23(10,17-6)19(7)13-2)25(20(26)27)22(9,15-4)16-5/h19H,12-18H2,1-11H3,(H,26,27). The summed E-state index contributed by atoms with van der Waals surface area (Å²) in [7, 11) is 0. The fraction of sp³-hybridized carbons (Fsp3) is 0.958. The molecule has 0 aliphatic heterocycles. The van der Waals surface area contributed by atoms with Gasteiger partial charge in [0.25, 0.3) is 0 Å². The van der Waals surface area contributed by atoms with Crippen molar-refractivity contribution in [2.24, 2.45) is 16.7 Å². The second-order valence-corrected chi connectivity index (χ2v) is 9.64. The molecule has 3 heteroatoms. The average Bonchev–Trinajstić information content (AvgIpc) is 2.65. The maximum Gasteiger partial charge on any atom is 0.408 e. The fourth-order valence-electron chi connectivity index (χ4n) is 5.68. The Hall–Kier alpha value is -0.730. The molecule has 4 atom stereocenters. The normalized spacial score (nSPS) is 20.3. The number of carbonyl (C=O) groups is 1. The van der Waals surface area contributed by atoms with Gasteiger partial charge in [0.2, 0.25) is 0 Å². The third-order valence-corrected chi connectivity index (χ3v) is 9.01. The van der Waals surface area contributed by atoms with E-state index in [0.29, 0.717) is 5.92 Å². The lowest BCUT2D eigenvalue weighted by Gasteiger charge is -2.66. The Kier molecular flexibility index (Phi) is 9.39. The van der Waals surface area contributed by atoms with Gasteiger partial charge in [-0.3, -0.25) is 4.90 Å². The molecule has 3 nitrogen and oxygen atoms in total. The number of hydrogen-bond donors (Lipinski definition) is 1. The van der Waals surface area contributed by atoms with Crippen LogP contribution in [0.2, 0.25) is 0 Å². The zero-order valence-corrected chi connectivity index (χ0v) is 20.3. The van der Waals surface area contributed by atoms with E-state index in [4.69, 9.17) is 0 Å². The molecule has 0 aromatic carbocycles. The van der Waals surface area contributed by atoms with E-state index in [2.05, 4.69) is 76.2 Å². The second kappa shape index (κ2) is 9.65. The first-order valence-corrected chi connectivity index (χ1v) is 11.4. The maximum absolute atomic E-state index is 12.9. The van der Waals surface area contributed by atoms with E-state index >= 15 is 0 Å². The van der Waals surface area contributed by atoms with Crippen molar-refractivity contribution in [1.29, 1.82) is 0 Å². The molecule has 0 saturated heterocycles. The lowest BCUT2D eigenvalue weighted by atomic mass is 9.49. The fourth-order valence-corrected chi connectivity index (χ4v) is 5.68. The summed E-state index contributed by atoms with van der Waals surface area (Å²) in [5, 5.41) is 10.6. The van der Waals surface area contributed by atoms with Crippen LogP contribution in [-0.4, -0.2) is 27.2 Å². The first kappa shape index (κ1) is 26.3. The minimum absolute atomic E-state index is 0.0834. The van der Waals surface area contributed by atoms with Crippen LogP contribution >= 0.6 is 0 Å². The maximum atomic E-state index is 12.9. The monoisotopic (exact) mass is 383 g/mol. The molecule has 27 heavy (non-hydrogen) atoms. The Morgan fingerprint density at radius 3 is 1.63 bits per heavy atom. The Balaban J connectivity index is 7.16. The van der Waals surface area contributed by atoms with Crippen molar-refractivity contribution >= 4 is 6.09 Å². The number of hydrogen-bond acceptors (Lipinski definition) is 1. The SMILES string of the molecule is CCCC(C)(CC)C(C)(N(C(=O)O)C(C)(CC)CC)C(C)(CC)C(C)CC. The second-order valence-electron chi connectivity index (χ2n) is 9.64. The number of carboxylic acid groups (broad SMARTS) is 1. The lowest BCUT2D eigenvalue weighted by molar-refractivity contribution is -0.155. The predicted molar refractivity (Wildman–Crippen MR) is 118 cm³/mol. The van der Waals surface area contributed by atoms with Crippen LogP contribution in [0.5, 0.6) is 0 Å². The summed E-state index contributed by atoms with van der Waals surface area (Å²) in [6, 6.07) is 0. The molecule has 0 fully saturated rings. The van der Waals surface area contributed by atoms with Crippen LogP contribution in [0.25, 0.3) is 0 Å². The topological polar surface area (TPSA) is 40.5 Å². The zero-order chi connectivity index (χ0) is 21.7. The third kappa shape index (κ3) is 4.17. The number of rotatable bonds is 12. The van der Waals surface area contributed by atoms with Crippen molar-refractivity contribution in [3.63, 3.8) is 0 Å². The minimum atomic E-state index is -0.762. The molecule has 0 bridgehead atoms. The summed E-state index contributed by atoms with van der Waals surface area (Å²) in [5.74, 6) is 0.440. The van der Waals surface area contributed by atoms with Crippen molar-refractivity contribution in [3.05, 3.63) is 0 Å². The average molecular weight is 384 g/mol. The molecule has 4 unspecified atom stereocenters. The van der Waals surface area contributed by atoms with Gasteiger partial charge in [-0.2, -0.15) is 0 Å². The van der Waals surface area contributed by atoms with Gasteiger partial charge in [-0.15, -0.1) is 0 Å². The van der Waals surface area contributed by atoms with E-state index < -0.39 is 11.6 Å². The molecule has 0 aromatic heterocycles. The van der Waals surface area contributed by atoms with Gasteiger partial charge < -0.3 is 5.11 Å². The van der Waals surface area contributed by atoms with Crippen LogP contribution in [0.3, 0.4) is 0 Å². The van der Waals surface area contributed by atoms with Crippen molar-refractivity contribution in [2.45, 2.75) is 132 Å². The molecule has 0 saturated carbocycles. The van der Waals surface area contributed by atoms with Gasteiger partial charge in [-0.25, -0.2) is 4.79 Å². The van der Waals surface area contributed by atoms with Crippen LogP contribution in [0.15, 0.2) is 0 Å². The largest absolute Gasteiger partial charge is 0.465 e. The quantitative estimate of drug-likeness (QED) is 0.371. The molecule has 1 amide bonds. The van der Waals surface area contributed by atoms with E-state index in [1.165, 1.54) is 0 Å². The highest BCUT2D eigenvalue weighted by molar-refractivity contribution is 5.68. The van der Waals surface area contributed by atoms with Gasteiger partial charge in [0, 0.05) is 5.54 Å². The molecule has 0 heterocycles.